The van der Waals surface area contributed by atoms with Crippen LogP contribution in [0.4, 0.5) is 14.7 Å². The number of hydrogen-bond donors (Lipinski definition) is 1. The molecule has 8 nitrogen and oxygen atoms in total. The first kappa shape index (κ1) is 16.8. The molecule has 1 aromatic carbocycles. The average molecular weight is 351 g/mol. The van der Waals surface area contributed by atoms with Gasteiger partial charge < -0.3 is 14.8 Å². The molecule has 0 fully saturated rings. The molecule has 0 aliphatic carbocycles. The summed E-state index contributed by atoms with van der Waals surface area (Å²) in [4.78, 5) is 12.5. The van der Waals surface area contributed by atoms with Gasteiger partial charge >= 0.3 is 12.6 Å². The lowest BCUT2D eigenvalue weighted by Crippen LogP contribution is -2.30. The average Bonchev–Trinajstić information content (AvgIpc) is 3.01. The van der Waals surface area contributed by atoms with Gasteiger partial charge in [-0.1, -0.05) is 23.3 Å². The number of rotatable bonds is 5. The third-order valence-electron chi connectivity index (χ3n) is 3.64. The van der Waals surface area contributed by atoms with Crippen LogP contribution in [-0.2, 0) is 9.53 Å². The van der Waals surface area contributed by atoms with Gasteiger partial charge in [-0.2, -0.15) is 13.5 Å². The summed E-state index contributed by atoms with van der Waals surface area (Å²) in [6.45, 7) is 0.496. The Morgan fingerprint density at radius 3 is 2.88 bits per heavy atom. The van der Waals surface area contributed by atoms with Crippen LogP contribution in [0.15, 0.2) is 35.5 Å². The molecule has 0 saturated carbocycles. The molecule has 3 rings (SSSR count). The number of ether oxygens (including phenoxy) is 2. The Labute approximate surface area is 141 Å². The molecular weight excluding hydrogens is 336 g/mol. The van der Waals surface area contributed by atoms with Crippen LogP contribution in [0, 0.1) is 0 Å². The number of esters is 1. The molecule has 0 saturated heterocycles. The van der Waals surface area contributed by atoms with Crippen molar-refractivity contribution in [2.24, 2.45) is 0 Å². The summed E-state index contributed by atoms with van der Waals surface area (Å²) < 4.78 is 36.6. The van der Waals surface area contributed by atoms with Crippen molar-refractivity contribution in [3.63, 3.8) is 0 Å². The number of nitrogens with zero attached hydrogens (tertiary/aromatic N) is 4. The molecule has 25 heavy (non-hydrogen) atoms. The van der Waals surface area contributed by atoms with Crippen LogP contribution >= 0.6 is 0 Å². The summed E-state index contributed by atoms with van der Waals surface area (Å²) in [5.41, 5.74) is 1.00. The van der Waals surface area contributed by atoms with Gasteiger partial charge in [0.05, 0.1) is 12.2 Å². The van der Waals surface area contributed by atoms with E-state index in [1.807, 2.05) is 0 Å². The number of para-hydroxylation sites is 1. The molecule has 1 atom stereocenters. The van der Waals surface area contributed by atoms with Gasteiger partial charge in [-0.05, 0) is 30.3 Å². The molecule has 2 aromatic rings. The summed E-state index contributed by atoms with van der Waals surface area (Å²) in [6.07, 6.45) is 0. The Hall–Kier alpha value is -3.04. The second-order valence-corrected chi connectivity index (χ2v) is 5.15. The fourth-order valence-corrected chi connectivity index (χ4v) is 2.68. The van der Waals surface area contributed by atoms with E-state index in [0.717, 1.165) is 0 Å². The zero-order chi connectivity index (χ0) is 18.0. The molecule has 10 heteroatoms. The highest BCUT2D eigenvalue weighted by Gasteiger charge is 2.36. The van der Waals surface area contributed by atoms with Crippen molar-refractivity contribution in [2.75, 3.05) is 11.9 Å². The van der Waals surface area contributed by atoms with Gasteiger partial charge in [0.1, 0.15) is 11.8 Å². The summed E-state index contributed by atoms with van der Waals surface area (Å²) >= 11 is 0. The van der Waals surface area contributed by atoms with E-state index in [-0.39, 0.29) is 23.9 Å². The number of alkyl halides is 2. The Morgan fingerprint density at radius 2 is 2.16 bits per heavy atom. The predicted octanol–water partition coefficient (Wildman–Crippen LogP) is 2.13. The van der Waals surface area contributed by atoms with Crippen LogP contribution in [0.1, 0.15) is 25.5 Å². The van der Waals surface area contributed by atoms with Gasteiger partial charge in [-0.25, -0.2) is 4.79 Å². The standard InChI is InChI=1S/C15H15F2N5O3/c1-3-24-13(23)11-8(2)18-15-19-20-21-22(15)12(11)9-6-4-5-7-10(9)25-14(16)17/h4-7,12,14H,3H2,1-2H3,(H,18,19,21)/t12-/m0/s1. The van der Waals surface area contributed by atoms with Gasteiger partial charge in [0, 0.05) is 11.3 Å². The van der Waals surface area contributed by atoms with Crippen LogP contribution in [0.2, 0.25) is 0 Å². The number of halogens is 2. The maximum atomic E-state index is 12.8. The number of anilines is 1. The molecule has 1 aliphatic rings. The van der Waals surface area contributed by atoms with E-state index in [4.69, 9.17) is 4.74 Å². The Balaban J connectivity index is 2.16. The maximum absolute atomic E-state index is 12.8. The first-order valence-electron chi connectivity index (χ1n) is 7.49. The van der Waals surface area contributed by atoms with Crippen molar-refractivity contribution < 1.29 is 23.0 Å². The number of nitrogens with one attached hydrogen (secondary N) is 1. The van der Waals surface area contributed by atoms with Gasteiger partial charge in [0.15, 0.2) is 0 Å². The van der Waals surface area contributed by atoms with Crippen LogP contribution in [0.5, 0.6) is 5.75 Å². The molecule has 0 amide bonds. The predicted molar refractivity (Wildman–Crippen MR) is 82.0 cm³/mol. The second-order valence-electron chi connectivity index (χ2n) is 5.15. The fraction of sp³-hybridized carbons (Fsp3) is 0.333. The van der Waals surface area contributed by atoms with Crippen molar-refractivity contribution in [1.82, 2.24) is 20.2 Å². The fourth-order valence-electron chi connectivity index (χ4n) is 2.68. The van der Waals surface area contributed by atoms with E-state index in [9.17, 15) is 13.6 Å². The third kappa shape index (κ3) is 3.14. The lowest BCUT2D eigenvalue weighted by molar-refractivity contribution is -0.139. The molecule has 0 unspecified atom stereocenters. The lowest BCUT2D eigenvalue weighted by atomic mass is 9.95. The number of aromatic nitrogens is 4. The van der Waals surface area contributed by atoms with Crippen LogP contribution < -0.4 is 10.1 Å². The first-order valence-corrected chi connectivity index (χ1v) is 7.49. The van der Waals surface area contributed by atoms with Crippen molar-refractivity contribution in [3.8, 4) is 5.75 Å². The minimum absolute atomic E-state index is 0.0690. The summed E-state index contributed by atoms with van der Waals surface area (Å²) in [7, 11) is 0. The minimum atomic E-state index is -3.01. The number of hydrogen-bond acceptors (Lipinski definition) is 7. The van der Waals surface area contributed by atoms with E-state index in [0.29, 0.717) is 11.3 Å². The quantitative estimate of drug-likeness (QED) is 0.825. The normalized spacial score (nSPS) is 16.4. The van der Waals surface area contributed by atoms with E-state index < -0.39 is 18.6 Å². The van der Waals surface area contributed by atoms with E-state index in [2.05, 4.69) is 25.6 Å². The van der Waals surface area contributed by atoms with Gasteiger partial charge in [0.2, 0.25) is 5.95 Å². The number of benzene rings is 1. The highest BCUT2D eigenvalue weighted by molar-refractivity contribution is 5.92. The number of tetrazole rings is 1. The van der Waals surface area contributed by atoms with Crippen LogP contribution in [0.25, 0.3) is 0 Å². The van der Waals surface area contributed by atoms with Gasteiger partial charge in [-0.15, -0.1) is 0 Å². The first-order chi connectivity index (χ1) is 12.0. The smallest absolute Gasteiger partial charge is 0.387 e. The molecule has 0 radical (unpaired) electrons. The van der Waals surface area contributed by atoms with Crippen LogP contribution in [0.3, 0.4) is 0 Å². The zero-order valence-corrected chi connectivity index (χ0v) is 13.4. The molecular formula is C15H15F2N5O3. The molecule has 1 N–H and O–H groups in total. The molecule has 0 spiro atoms. The topological polar surface area (TPSA) is 91.2 Å². The Kier molecular flexibility index (Phi) is 4.59. The minimum Gasteiger partial charge on any atom is -0.463 e. The van der Waals surface area contributed by atoms with Gasteiger partial charge in [0.25, 0.3) is 0 Å². The number of carbonyl (C=O) groups excluding carboxylic acids is 1. The summed E-state index contributed by atoms with van der Waals surface area (Å²) in [5.74, 6) is -0.381. The second kappa shape index (κ2) is 6.83. The summed E-state index contributed by atoms with van der Waals surface area (Å²) in [6, 6.07) is 5.32. The van der Waals surface area contributed by atoms with Crippen molar-refractivity contribution in [1.29, 1.82) is 0 Å². The highest BCUT2D eigenvalue weighted by Crippen LogP contribution is 2.39. The molecule has 0 bridgehead atoms. The number of carbonyl (C=O) groups is 1. The monoisotopic (exact) mass is 351 g/mol. The van der Waals surface area contributed by atoms with Gasteiger partial charge in [-0.3, -0.25) is 0 Å². The van der Waals surface area contributed by atoms with E-state index in [1.165, 1.54) is 10.7 Å². The van der Waals surface area contributed by atoms with Crippen molar-refractivity contribution >= 4 is 11.9 Å². The van der Waals surface area contributed by atoms with Crippen molar-refractivity contribution in [2.45, 2.75) is 26.5 Å². The van der Waals surface area contributed by atoms with E-state index in [1.54, 1.807) is 32.0 Å². The third-order valence-corrected chi connectivity index (χ3v) is 3.64. The molecule has 2 heterocycles. The highest BCUT2D eigenvalue weighted by atomic mass is 19.3. The zero-order valence-electron chi connectivity index (χ0n) is 13.4. The molecule has 1 aliphatic heterocycles. The molecule has 1 aromatic heterocycles. The Bertz CT molecular complexity index is 821. The maximum Gasteiger partial charge on any atom is 0.387 e. The number of allylic oxidation sites excluding steroid dienone is 1. The largest absolute Gasteiger partial charge is 0.463 e. The SMILES string of the molecule is CCOC(=O)C1=C(C)Nc2nnnn2[C@H]1c1ccccc1OC(F)F. The Morgan fingerprint density at radius 1 is 1.40 bits per heavy atom. The van der Waals surface area contributed by atoms with Crippen LogP contribution in [-0.4, -0.2) is 39.4 Å². The summed E-state index contributed by atoms with van der Waals surface area (Å²) in [5, 5.41) is 14.2. The van der Waals surface area contributed by atoms with Crippen molar-refractivity contribution in [3.05, 3.63) is 41.1 Å². The molecule has 132 valence electrons. The van der Waals surface area contributed by atoms with E-state index >= 15 is 0 Å². The lowest BCUT2D eigenvalue weighted by Gasteiger charge is -2.28. The number of fused-ring (bicyclic) bond motifs is 1.